The van der Waals surface area contributed by atoms with Gasteiger partial charge < -0.3 is 20.1 Å². The highest BCUT2D eigenvalue weighted by molar-refractivity contribution is 5.93. The summed E-state index contributed by atoms with van der Waals surface area (Å²) in [4.78, 5) is 28.2. The maximum atomic E-state index is 13.3. The molecule has 1 heterocycles. The first-order chi connectivity index (χ1) is 17.5. The van der Waals surface area contributed by atoms with E-state index in [4.69, 9.17) is 9.47 Å². The number of nitrogens with one attached hydrogen (secondary N) is 2. The van der Waals surface area contributed by atoms with E-state index in [2.05, 4.69) is 10.6 Å². The lowest BCUT2D eigenvalue weighted by molar-refractivity contribution is -0.128. The maximum Gasteiger partial charge on any atom is 0.238 e. The summed E-state index contributed by atoms with van der Waals surface area (Å²) in [5, 5.41) is 6.02. The van der Waals surface area contributed by atoms with Gasteiger partial charge in [-0.05, 0) is 60.7 Å². The molecular formula is C29H33N3O4. The van der Waals surface area contributed by atoms with Gasteiger partial charge in [-0.15, -0.1) is 0 Å². The summed E-state index contributed by atoms with van der Waals surface area (Å²) in [6.07, 6.45) is 1.22. The van der Waals surface area contributed by atoms with Gasteiger partial charge in [-0.25, -0.2) is 0 Å². The average Bonchev–Trinajstić information content (AvgIpc) is 2.89. The topological polar surface area (TPSA) is 79.9 Å². The summed E-state index contributed by atoms with van der Waals surface area (Å²) in [7, 11) is 3.20. The lowest BCUT2D eigenvalue weighted by Crippen LogP contribution is -2.52. The summed E-state index contributed by atoms with van der Waals surface area (Å²) in [6.45, 7) is 3.08. The van der Waals surface area contributed by atoms with Crippen molar-refractivity contribution in [3.63, 3.8) is 0 Å². The minimum absolute atomic E-state index is 0.0884. The van der Waals surface area contributed by atoms with Crippen molar-refractivity contribution in [1.29, 1.82) is 0 Å². The van der Waals surface area contributed by atoms with E-state index in [1.54, 1.807) is 14.2 Å². The molecule has 0 unspecified atom stereocenters. The van der Waals surface area contributed by atoms with E-state index in [1.807, 2.05) is 78.6 Å². The van der Waals surface area contributed by atoms with Gasteiger partial charge in [0, 0.05) is 18.8 Å². The standard InChI is InChI=1S/C29H33N3O4/c1-20-9-11-24(12-10-20)31-28(33)19-32-18-23-17-27(36-3)26(35-2)16-22(23)15-25(32)29(34)30-14-13-21-7-5-4-6-8-21/h4-12,16-17,25H,13-15,18-19H2,1-3H3,(H,30,34)(H,31,33)/t25-/m0/s1. The van der Waals surface area contributed by atoms with Crippen LogP contribution in [-0.2, 0) is 29.0 Å². The zero-order valence-electron chi connectivity index (χ0n) is 21.0. The predicted octanol–water partition coefficient (Wildman–Crippen LogP) is 3.74. The largest absolute Gasteiger partial charge is 0.493 e. The second kappa shape index (κ2) is 11.7. The quantitative estimate of drug-likeness (QED) is 0.481. The summed E-state index contributed by atoms with van der Waals surface area (Å²) in [6, 6.07) is 21.1. The highest BCUT2D eigenvalue weighted by Crippen LogP contribution is 2.34. The number of amides is 2. The van der Waals surface area contributed by atoms with E-state index < -0.39 is 6.04 Å². The van der Waals surface area contributed by atoms with Crippen molar-refractivity contribution in [2.45, 2.75) is 32.4 Å². The van der Waals surface area contributed by atoms with E-state index in [0.717, 1.165) is 34.4 Å². The highest BCUT2D eigenvalue weighted by Gasteiger charge is 2.33. The molecule has 0 radical (unpaired) electrons. The molecular weight excluding hydrogens is 454 g/mol. The van der Waals surface area contributed by atoms with Crippen LogP contribution in [0.5, 0.6) is 11.5 Å². The molecule has 2 amide bonds. The van der Waals surface area contributed by atoms with Crippen molar-refractivity contribution < 1.29 is 19.1 Å². The first kappa shape index (κ1) is 25.3. The molecule has 7 nitrogen and oxygen atoms in total. The summed E-state index contributed by atoms with van der Waals surface area (Å²) < 4.78 is 10.9. The van der Waals surface area contributed by atoms with Crippen LogP contribution in [0.1, 0.15) is 22.3 Å². The molecule has 0 aliphatic carbocycles. The third-order valence-electron chi connectivity index (χ3n) is 6.47. The van der Waals surface area contributed by atoms with Crippen LogP contribution in [0, 0.1) is 6.92 Å². The minimum Gasteiger partial charge on any atom is -0.493 e. The SMILES string of the molecule is COc1cc2c(cc1OC)CN(CC(=O)Nc1ccc(C)cc1)[C@H](C(=O)NCCc1ccccc1)C2. The van der Waals surface area contributed by atoms with Crippen LogP contribution in [0.25, 0.3) is 0 Å². The minimum atomic E-state index is -0.477. The van der Waals surface area contributed by atoms with Gasteiger partial charge in [-0.2, -0.15) is 0 Å². The fraction of sp³-hybridized carbons (Fsp3) is 0.310. The van der Waals surface area contributed by atoms with Crippen LogP contribution in [0.2, 0.25) is 0 Å². The Morgan fingerprint density at radius 1 is 0.944 bits per heavy atom. The van der Waals surface area contributed by atoms with Gasteiger partial charge in [-0.1, -0.05) is 48.0 Å². The van der Waals surface area contributed by atoms with Crippen molar-refractivity contribution >= 4 is 17.5 Å². The number of anilines is 1. The molecule has 2 N–H and O–H groups in total. The van der Waals surface area contributed by atoms with E-state index in [9.17, 15) is 9.59 Å². The Morgan fingerprint density at radius 3 is 2.28 bits per heavy atom. The van der Waals surface area contributed by atoms with Gasteiger partial charge in [0.2, 0.25) is 11.8 Å². The molecule has 7 heteroatoms. The Kier molecular flexibility index (Phi) is 8.23. The second-order valence-electron chi connectivity index (χ2n) is 9.04. The smallest absolute Gasteiger partial charge is 0.238 e. The number of carbonyl (C=O) groups excluding carboxylic acids is 2. The van der Waals surface area contributed by atoms with Crippen LogP contribution >= 0.6 is 0 Å². The van der Waals surface area contributed by atoms with Crippen LogP contribution < -0.4 is 20.1 Å². The number of hydrogen-bond acceptors (Lipinski definition) is 5. The van der Waals surface area contributed by atoms with Gasteiger partial charge in [0.1, 0.15) is 0 Å². The molecule has 3 aromatic carbocycles. The number of ether oxygens (including phenoxy) is 2. The highest BCUT2D eigenvalue weighted by atomic mass is 16.5. The van der Waals surface area contributed by atoms with Crippen molar-refractivity contribution in [2.24, 2.45) is 0 Å². The third-order valence-corrected chi connectivity index (χ3v) is 6.47. The van der Waals surface area contributed by atoms with Crippen molar-refractivity contribution in [3.8, 4) is 11.5 Å². The molecule has 0 saturated heterocycles. The van der Waals surface area contributed by atoms with Crippen molar-refractivity contribution in [2.75, 3.05) is 32.6 Å². The number of methoxy groups -OCH3 is 2. The number of fused-ring (bicyclic) bond motifs is 1. The number of rotatable bonds is 9. The average molecular weight is 488 g/mol. The van der Waals surface area contributed by atoms with Gasteiger partial charge in [0.05, 0.1) is 26.8 Å². The normalized spacial score (nSPS) is 15.0. The van der Waals surface area contributed by atoms with E-state index in [0.29, 0.717) is 31.0 Å². The molecule has 1 aliphatic rings. The molecule has 1 aliphatic heterocycles. The van der Waals surface area contributed by atoms with Gasteiger partial charge >= 0.3 is 0 Å². The molecule has 0 fully saturated rings. The lowest BCUT2D eigenvalue weighted by atomic mass is 9.92. The lowest BCUT2D eigenvalue weighted by Gasteiger charge is -2.36. The Hall–Kier alpha value is -3.84. The molecule has 3 aromatic rings. The van der Waals surface area contributed by atoms with Gasteiger partial charge in [0.15, 0.2) is 11.5 Å². The van der Waals surface area contributed by atoms with E-state index in [1.165, 1.54) is 0 Å². The summed E-state index contributed by atoms with van der Waals surface area (Å²) in [5.41, 5.74) is 5.06. The van der Waals surface area contributed by atoms with Crippen LogP contribution in [0.3, 0.4) is 0 Å². The Balaban J connectivity index is 1.50. The first-order valence-corrected chi connectivity index (χ1v) is 12.1. The molecule has 0 spiro atoms. The number of benzene rings is 3. The van der Waals surface area contributed by atoms with Gasteiger partial charge in [0.25, 0.3) is 0 Å². The molecule has 0 bridgehead atoms. The van der Waals surface area contributed by atoms with Gasteiger partial charge in [-0.3, -0.25) is 14.5 Å². The van der Waals surface area contributed by atoms with E-state index >= 15 is 0 Å². The van der Waals surface area contributed by atoms with Crippen molar-refractivity contribution in [1.82, 2.24) is 10.2 Å². The zero-order chi connectivity index (χ0) is 25.5. The number of nitrogens with zero attached hydrogens (tertiary/aromatic N) is 1. The third kappa shape index (κ3) is 6.23. The number of hydrogen-bond donors (Lipinski definition) is 2. The summed E-state index contributed by atoms with van der Waals surface area (Å²) >= 11 is 0. The summed E-state index contributed by atoms with van der Waals surface area (Å²) in [5.74, 6) is 1.01. The molecule has 188 valence electrons. The molecule has 36 heavy (non-hydrogen) atoms. The predicted molar refractivity (Wildman–Crippen MR) is 140 cm³/mol. The Bertz CT molecular complexity index is 1200. The molecule has 0 saturated carbocycles. The molecule has 1 atom stereocenters. The number of aryl methyl sites for hydroxylation is 1. The fourth-order valence-electron chi connectivity index (χ4n) is 4.51. The first-order valence-electron chi connectivity index (χ1n) is 12.1. The van der Waals surface area contributed by atoms with E-state index in [-0.39, 0.29) is 18.4 Å². The van der Waals surface area contributed by atoms with Crippen LogP contribution in [0.15, 0.2) is 66.7 Å². The number of carbonyl (C=O) groups is 2. The fourth-order valence-corrected chi connectivity index (χ4v) is 4.51. The molecule has 4 rings (SSSR count). The van der Waals surface area contributed by atoms with Crippen molar-refractivity contribution in [3.05, 3.63) is 89.0 Å². The van der Waals surface area contributed by atoms with Crippen LogP contribution in [0.4, 0.5) is 5.69 Å². The monoisotopic (exact) mass is 487 g/mol. The maximum absolute atomic E-state index is 13.3. The molecule has 0 aromatic heterocycles. The van der Waals surface area contributed by atoms with Crippen LogP contribution in [-0.4, -0.2) is 50.1 Å². The Labute approximate surface area is 212 Å². The zero-order valence-corrected chi connectivity index (χ0v) is 21.0. The Morgan fingerprint density at radius 2 is 1.61 bits per heavy atom. The second-order valence-corrected chi connectivity index (χ2v) is 9.04.